The maximum absolute atomic E-state index is 13.7. The van der Waals surface area contributed by atoms with Crippen molar-refractivity contribution in [2.75, 3.05) is 6.54 Å². The van der Waals surface area contributed by atoms with E-state index in [1.165, 1.54) is 0 Å². The van der Waals surface area contributed by atoms with E-state index in [2.05, 4.69) is 5.32 Å². The molecule has 8 heteroatoms. The van der Waals surface area contributed by atoms with Crippen LogP contribution in [-0.4, -0.2) is 18.5 Å². The lowest BCUT2D eigenvalue weighted by Crippen LogP contribution is -2.39. The average molecular weight is 327 g/mol. The minimum atomic E-state index is -4.83. The van der Waals surface area contributed by atoms with Gasteiger partial charge in [-0.1, -0.05) is 6.07 Å². The number of nitrogens with one attached hydrogen (secondary N) is 1. The van der Waals surface area contributed by atoms with E-state index in [-0.39, 0.29) is 25.0 Å². The summed E-state index contributed by atoms with van der Waals surface area (Å²) < 4.78 is 51.3. The summed E-state index contributed by atoms with van der Waals surface area (Å²) in [5.74, 6) is -2.11. The van der Waals surface area contributed by atoms with E-state index in [9.17, 15) is 22.4 Å². The largest absolute Gasteiger partial charge is 0.419 e. The molecular weight excluding hydrogens is 312 g/mol. The zero-order chi connectivity index (χ0) is 14.9. The van der Waals surface area contributed by atoms with Crippen molar-refractivity contribution >= 4 is 18.3 Å². The lowest BCUT2D eigenvalue weighted by atomic mass is 10.1. The zero-order valence-corrected chi connectivity index (χ0v) is 11.7. The second-order valence-electron chi connectivity index (χ2n) is 4.88. The molecule has 1 aromatic rings. The number of alkyl halides is 3. The Labute approximate surface area is 125 Å². The molecule has 3 N–H and O–H groups in total. The molecule has 1 saturated carbocycles. The SMILES string of the molecule is Cl.NC(CNC(=O)c1cccc(C(F)(F)F)c1F)C1CC1. The highest BCUT2D eigenvalue weighted by molar-refractivity contribution is 5.94. The van der Waals surface area contributed by atoms with Gasteiger partial charge in [0, 0.05) is 12.6 Å². The summed E-state index contributed by atoms with van der Waals surface area (Å²) in [6.07, 6.45) is -2.87. The smallest absolute Gasteiger partial charge is 0.350 e. The van der Waals surface area contributed by atoms with Gasteiger partial charge in [0.1, 0.15) is 5.82 Å². The maximum atomic E-state index is 13.7. The Bertz CT molecular complexity index is 517. The number of rotatable bonds is 4. The van der Waals surface area contributed by atoms with E-state index in [0.29, 0.717) is 12.0 Å². The molecule has 0 aromatic heterocycles. The van der Waals surface area contributed by atoms with Crippen molar-refractivity contribution in [1.82, 2.24) is 5.32 Å². The molecule has 21 heavy (non-hydrogen) atoms. The van der Waals surface area contributed by atoms with Gasteiger partial charge in [0.15, 0.2) is 0 Å². The summed E-state index contributed by atoms with van der Waals surface area (Å²) in [7, 11) is 0. The van der Waals surface area contributed by atoms with Gasteiger partial charge in [-0.05, 0) is 30.9 Å². The number of halogens is 5. The summed E-state index contributed by atoms with van der Waals surface area (Å²) >= 11 is 0. The Hall–Kier alpha value is -1.34. The van der Waals surface area contributed by atoms with Crippen LogP contribution in [0.3, 0.4) is 0 Å². The molecule has 1 fully saturated rings. The van der Waals surface area contributed by atoms with Gasteiger partial charge in [-0.3, -0.25) is 4.79 Å². The fourth-order valence-electron chi connectivity index (χ4n) is 1.92. The predicted octanol–water partition coefficient (Wildman–Crippen LogP) is 2.73. The van der Waals surface area contributed by atoms with Crippen LogP contribution >= 0.6 is 12.4 Å². The minimum absolute atomic E-state index is 0. The van der Waals surface area contributed by atoms with Crippen LogP contribution in [0, 0.1) is 11.7 Å². The van der Waals surface area contributed by atoms with Crippen LogP contribution in [0.1, 0.15) is 28.8 Å². The third-order valence-corrected chi connectivity index (χ3v) is 3.27. The van der Waals surface area contributed by atoms with Crippen LogP contribution in [0.15, 0.2) is 18.2 Å². The first kappa shape index (κ1) is 17.7. The van der Waals surface area contributed by atoms with E-state index in [1.54, 1.807) is 0 Å². The Morgan fingerprint density at radius 1 is 1.38 bits per heavy atom. The van der Waals surface area contributed by atoms with Crippen LogP contribution in [0.25, 0.3) is 0 Å². The van der Waals surface area contributed by atoms with E-state index >= 15 is 0 Å². The Morgan fingerprint density at radius 3 is 2.52 bits per heavy atom. The van der Waals surface area contributed by atoms with E-state index < -0.39 is 29.0 Å². The quantitative estimate of drug-likeness (QED) is 0.836. The van der Waals surface area contributed by atoms with Crippen LogP contribution < -0.4 is 11.1 Å². The van der Waals surface area contributed by atoms with Crippen molar-refractivity contribution in [2.45, 2.75) is 25.1 Å². The highest BCUT2D eigenvalue weighted by atomic mass is 35.5. The molecule has 0 bridgehead atoms. The van der Waals surface area contributed by atoms with Crippen molar-refractivity contribution in [2.24, 2.45) is 11.7 Å². The molecule has 1 atom stereocenters. The molecule has 1 aromatic carbocycles. The summed E-state index contributed by atoms with van der Waals surface area (Å²) in [6.45, 7) is 0.124. The summed E-state index contributed by atoms with van der Waals surface area (Å²) in [6, 6.07) is 2.37. The van der Waals surface area contributed by atoms with Gasteiger partial charge >= 0.3 is 6.18 Å². The minimum Gasteiger partial charge on any atom is -0.350 e. The Balaban J connectivity index is 0.00000220. The molecule has 2 rings (SSSR count). The highest BCUT2D eigenvalue weighted by Gasteiger charge is 2.36. The van der Waals surface area contributed by atoms with Gasteiger partial charge < -0.3 is 11.1 Å². The number of carbonyl (C=O) groups is 1. The Kier molecular flexibility index (Phi) is 5.58. The monoisotopic (exact) mass is 326 g/mol. The van der Waals surface area contributed by atoms with E-state index in [0.717, 1.165) is 25.0 Å². The molecule has 3 nitrogen and oxygen atoms in total. The normalized spacial score (nSPS) is 16.0. The maximum Gasteiger partial charge on any atom is 0.419 e. The molecule has 0 radical (unpaired) electrons. The first-order chi connectivity index (χ1) is 9.30. The van der Waals surface area contributed by atoms with Gasteiger partial charge in [0.05, 0.1) is 11.1 Å². The summed E-state index contributed by atoms with van der Waals surface area (Å²) in [4.78, 5) is 11.7. The van der Waals surface area contributed by atoms with Crippen LogP contribution in [0.5, 0.6) is 0 Å². The summed E-state index contributed by atoms with van der Waals surface area (Å²) in [5, 5.41) is 2.37. The van der Waals surface area contributed by atoms with E-state index in [4.69, 9.17) is 5.73 Å². The number of benzene rings is 1. The summed E-state index contributed by atoms with van der Waals surface area (Å²) in [5.41, 5.74) is 3.68. The van der Waals surface area contributed by atoms with Crippen LogP contribution in [-0.2, 0) is 6.18 Å². The number of hydrogen-bond donors (Lipinski definition) is 2. The zero-order valence-electron chi connectivity index (χ0n) is 10.9. The molecule has 0 aliphatic heterocycles. The van der Waals surface area contributed by atoms with Crippen molar-refractivity contribution in [3.05, 3.63) is 35.1 Å². The first-order valence-electron chi connectivity index (χ1n) is 6.20. The number of nitrogens with two attached hydrogens (primary N) is 1. The highest BCUT2D eigenvalue weighted by Crippen LogP contribution is 2.33. The number of amides is 1. The fourth-order valence-corrected chi connectivity index (χ4v) is 1.92. The Morgan fingerprint density at radius 2 is 2.00 bits per heavy atom. The third-order valence-electron chi connectivity index (χ3n) is 3.27. The van der Waals surface area contributed by atoms with Gasteiger partial charge in [-0.25, -0.2) is 4.39 Å². The lowest BCUT2D eigenvalue weighted by Gasteiger charge is -2.13. The molecule has 1 aliphatic rings. The van der Waals surface area contributed by atoms with Crippen LogP contribution in [0.4, 0.5) is 17.6 Å². The topological polar surface area (TPSA) is 55.1 Å². The standard InChI is InChI=1S/C13H14F4N2O.ClH/c14-11-8(2-1-3-9(11)13(15,16)17)12(20)19-6-10(18)7-4-5-7;/h1-3,7,10H,4-6,18H2,(H,19,20);1H. The third kappa shape index (κ3) is 4.31. The molecule has 118 valence electrons. The molecule has 0 spiro atoms. The predicted molar refractivity (Wildman–Crippen MR) is 71.7 cm³/mol. The van der Waals surface area contributed by atoms with Crippen LogP contribution in [0.2, 0.25) is 0 Å². The average Bonchev–Trinajstić information content (AvgIpc) is 3.18. The van der Waals surface area contributed by atoms with E-state index in [1.807, 2.05) is 0 Å². The number of carbonyl (C=O) groups excluding carboxylic acids is 1. The lowest BCUT2D eigenvalue weighted by molar-refractivity contribution is -0.140. The molecule has 0 heterocycles. The first-order valence-corrected chi connectivity index (χ1v) is 6.20. The van der Waals surface area contributed by atoms with Crippen molar-refractivity contribution in [1.29, 1.82) is 0 Å². The van der Waals surface area contributed by atoms with Crippen molar-refractivity contribution < 1.29 is 22.4 Å². The van der Waals surface area contributed by atoms with Crippen molar-refractivity contribution in [3.8, 4) is 0 Å². The second-order valence-corrected chi connectivity index (χ2v) is 4.88. The molecule has 1 aliphatic carbocycles. The molecule has 0 saturated heterocycles. The van der Waals surface area contributed by atoms with Gasteiger partial charge in [0.25, 0.3) is 5.91 Å². The molecular formula is C13H15ClF4N2O. The molecule has 1 amide bonds. The molecule has 1 unspecified atom stereocenters. The number of hydrogen-bond acceptors (Lipinski definition) is 2. The van der Waals surface area contributed by atoms with Gasteiger partial charge in [-0.2, -0.15) is 13.2 Å². The van der Waals surface area contributed by atoms with Crippen molar-refractivity contribution in [3.63, 3.8) is 0 Å². The second kappa shape index (κ2) is 6.62. The fraction of sp³-hybridized carbons (Fsp3) is 0.462. The van der Waals surface area contributed by atoms with Gasteiger partial charge in [0.2, 0.25) is 0 Å². The van der Waals surface area contributed by atoms with Gasteiger partial charge in [-0.15, -0.1) is 12.4 Å².